The number of amides is 2. The van der Waals surface area contributed by atoms with Gasteiger partial charge in [-0.05, 0) is 29.7 Å². The molecule has 2 aromatic carbocycles. The zero-order valence-electron chi connectivity index (χ0n) is 16.2. The Morgan fingerprint density at radius 1 is 1.28 bits per heavy atom. The smallest absolute Gasteiger partial charge is 0.249 e. The van der Waals surface area contributed by atoms with Crippen LogP contribution < -0.4 is 0 Å². The lowest BCUT2D eigenvalue weighted by atomic mass is 9.76. The molecule has 0 bridgehead atoms. The molecule has 2 fully saturated rings. The number of morpholine rings is 1. The molecule has 152 valence electrons. The average molecular weight is 398 g/mol. The number of hydrogen-bond acceptors (Lipinski definition) is 4. The third-order valence-electron chi connectivity index (χ3n) is 6.06. The number of likely N-dealkylation sites (tertiary alicyclic amines) is 1. The van der Waals surface area contributed by atoms with Crippen LogP contribution >= 0.6 is 0 Å². The number of ether oxygens (including phenoxy) is 1. The summed E-state index contributed by atoms with van der Waals surface area (Å²) in [6.45, 7) is 0.804. The fraction of sp³-hybridized carbons (Fsp3) is 0.364. The number of likely N-dealkylation sites (N-methyl/N-ethyl adjacent to an activating group) is 1. The van der Waals surface area contributed by atoms with E-state index < -0.39 is 17.1 Å². The van der Waals surface area contributed by atoms with E-state index in [2.05, 4.69) is 0 Å². The van der Waals surface area contributed by atoms with Crippen molar-refractivity contribution in [3.8, 4) is 5.75 Å². The van der Waals surface area contributed by atoms with E-state index in [1.807, 2.05) is 30.3 Å². The van der Waals surface area contributed by atoms with Crippen LogP contribution in [0.1, 0.15) is 17.5 Å². The van der Waals surface area contributed by atoms with E-state index in [0.717, 1.165) is 5.56 Å². The molecule has 4 rings (SSSR count). The number of aromatic hydroxyl groups is 1. The molecule has 2 amide bonds. The minimum Gasteiger partial charge on any atom is -0.505 e. The zero-order valence-corrected chi connectivity index (χ0v) is 16.2. The minimum absolute atomic E-state index is 0.0129. The van der Waals surface area contributed by atoms with Crippen molar-refractivity contribution in [2.75, 3.05) is 26.7 Å². The predicted octanol–water partition coefficient (Wildman–Crippen LogP) is 2.06. The van der Waals surface area contributed by atoms with Crippen LogP contribution in [0.15, 0.2) is 48.5 Å². The van der Waals surface area contributed by atoms with Gasteiger partial charge in [0.1, 0.15) is 12.7 Å². The zero-order chi connectivity index (χ0) is 20.6. The molecule has 0 aromatic heterocycles. The highest BCUT2D eigenvalue weighted by atomic mass is 19.1. The summed E-state index contributed by atoms with van der Waals surface area (Å²) in [5, 5.41) is 9.32. The number of phenols is 1. The molecule has 1 N–H and O–H groups in total. The van der Waals surface area contributed by atoms with Gasteiger partial charge in [-0.1, -0.05) is 36.4 Å². The fourth-order valence-electron chi connectivity index (χ4n) is 4.40. The van der Waals surface area contributed by atoms with Crippen LogP contribution in [0, 0.1) is 5.82 Å². The Labute approximate surface area is 168 Å². The molecule has 0 unspecified atom stereocenters. The second-order valence-electron chi connectivity index (χ2n) is 7.59. The molecular formula is C22H23FN2O4. The van der Waals surface area contributed by atoms with Crippen LogP contribution in [0.3, 0.4) is 0 Å². The van der Waals surface area contributed by atoms with Gasteiger partial charge in [0.2, 0.25) is 11.8 Å². The Bertz CT molecular complexity index is 936. The second-order valence-corrected chi connectivity index (χ2v) is 7.59. The van der Waals surface area contributed by atoms with E-state index in [1.54, 1.807) is 16.8 Å². The van der Waals surface area contributed by atoms with E-state index in [9.17, 15) is 19.1 Å². The highest BCUT2D eigenvalue weighted by molar-refractivity contribution is 5.81. The fourth-order valence-corrected chi connectivity index (χ4v) is 4.40. The lowest BCUT2D eigenvalue weighted by Crippen LogP contribution is -2.67. The molecular weight excluding hydrogens is 375 g/mol. The minimum atomic E-state index is -0.743. The van der Waals surface area contributed by atoms with Gasteiger partial charge in [-0.2, -0.15) is 0 Å². The van der Waals surface area contributed by atoms with Crippen LogP contribution in [-0.2, 0) is 26.3 Å². The predicted molar refractivity (Wildman–Crippen MR) is 104 cm³/mol. The summed E-state index contributed by atoms with van der Waals surface area (Å²) in [7, 11) is 1.79. The van der Waals surface area contributed by atoms with Crippen LogP contribution in [0.25, 0.3) is 0 Å². The number of nitrogens with zero attached hydrogens (tertiary/aromatic N) is 2. The SMILES string of the molecule is CN1C(=O)CO[C@@H]2CN(C(=O)Cc3ccc(O)c(F)c3)CC[C@]21c1ccccc1. The first kappa shape index (κ1) is 19.4. The maximum absolute atomic E-state index is 13.6. The average Bonchev–Trinajstić information content (AvgIpc) is 2.74. The standard InChI is InChI=1S/C22H23FN2O4/c1-24-21(28)14-29-19-13-25(10-9-22(19,24)16-5-3-2-4-6-16)20(27)12-15-7-8-18(26)17(23)11-15/h2-8,11,19,26H,9-10,12-14H2,1H3/t19-,22+/m1/s1. The Balaban J connectivity index is 1.56. The summed E-state index contributed by atoms with van der Waals surface area (Å²) in [4.78, 5) is 28.7. The van der Waals surface area contributed by atoms with Crippen molar-refractivity contribution >= 4 is 11.8 Å². The van der Waals surface area contributed by atoms with Crippen molar-refractivity contribution in [3.05, 3.63) is 65.5 Å². The van der Waals surface area contributed by atoms with Gasteiger partial charge >= 0.3 is 0 Å². The number of halogens is 1. The lowest BCUT2D eigenvalue weighted by Gasteiger charge is -2.54. The van der Waals surface area contributed by atoms with Crippen molar-refractivity contribution < 1.29 is 23.8 Å². The van der Waals surface area contributed by atoms with Gasteiger partial charge < -0.3 is 19.6 Å². The first-order chi connectivity index (χ1) is 13.9. The van der Waals surface area contributed by atoms with Gasteiger partial charge in [-0.15, -0.1) is 0 Å². The molecule has 2 heterocycles. The van der Waals surface area contributed by atoms with E-state index >= 15 is 0 Å². The van der Waals surface area contributed by atoms with Crippen LogP contribution in [0.5, 0.6) is 5.75 Å². The molecule has 2 atom stereocenters. The van der Waals surface area contributed by atoms with Crippen molar-refractivity contribution in [1.29, 1.82) is 0 Å². The maximum Gasteiger partial charge on any atom is 0.249 e. The number of carbonyl (C=O) groups excluding carboxylic acids is 2. The molecule has 0 spiro atoms. The highest BCUT2D eigenvalue weighted by Gasteiger charge is 2.53. The first-order valence-corrected chi connectivity index (χ1v) is 9.61. The second kappa shape index (κ2) is 7.48. The van der Waals surface area contributed by atoms with E-state index in [4.69, 9.17) is 4.74 Å². The normalized spacial score (nSPS) is 24.3. The number of phenolic OH excluding ortho intramolecular Hbond substituents is 1. The summed E-state index contributed by atoms with van der Waals surface area (Å²) < 4.78 is 19.5. The van der Waals surface area contributed by atoms with Crippen molar-refractivity contribution in [3.63, 3.8) is 0 Å². The Morgan fingerprint density at radius 3 is 2.76 bits per heavy atom. The first-order valence-electron chi connectivity index (χ1n) is 9.61. The van der Waals surface area contributed by atoms with E-state index in [-0.39, 0.29) is 30.9 Å². The van der Waals surface area contributed by atoms with Crippen LogP contribution in [0.4, 0.5) is 4.39 Å². The number of rotatable bonds is 3. The van der Waals surface area contributed by atoms with Gasteiger partial charge in [0, 0.05) is 20.1 Å². The lowest BCUT2D eigenvalue weighted by molar-refractivity contribution is -0.184. The molecule has 7 heteroatoms. The largest absolute Gasteiger partial charge is 0.505 e. The van der Waals surface area contributed by atoms with Crippen molar-refractivity contribution in [2.45, 2.75) is 24.5 Å². The van der Waals surface area contributed by atoms with Gasteiger partial charge in [-0.25, -0.2) is 4.39 Å². The summed E-state index contributed by atoms with van der Waals surface area (Å²) >= 11 is 0. The summed E-state index contributed by atoms with van der Waals surface area (Å²) in [6, 6.07) is 13.7. The van der Waals surface area contributed by atoms with Gasteiger partial charge in [-0.3, -0.25) is 9.59 Å². The number of piperidine rings is 1. The summed E-state index contributed by atoms with van der Waals surface area (Å²) in [6.07, 6.45) is 0.248. The van der Waals surface area contributed by atoms with E-state index in [0.29, 0.717) is 25.1 Å². The highest BCUT2D eigenvalue weighted by Crippen LogP contribution is 2.42. The monoisotopic (exact) mass is 398 g/mol. The molecule has 0 saturated carbocycles. The van der Waals surface area contributed by atoms with Gasteiger partial charge in [0.05, 0.1) is 12.0 Å². The van der Waals surface area contributed by atoms with Crippen LogP contribution in [-0.4, -0.2) is 59.6 Å². The molecule has 2 aliphatic heterocycles. The Hall–Kier alpha value is -2.93. The third kappa shape index (κ3) is 3.35. The summed E-state index contributed by atoms with van der Waals surface area (Å²) in [5.41, 5.74) is 0.883. The summed E-state index contributed by atoms with van der Waals surface area (Å²) in [5.74, 6) is -1.40. The molecule has 2 aromatic rings. The van der Waals surface area contributed by atoms with Crippen molar-refractivity contribution in [2.24, 2.45) is 0 Å². The van der Waals surface area contributed by atoms with Crippen LogP contribution in [0.2, 0.25) is 0 Å². The topological polar surface area (TPSA) is 70.1 Å². The molecule has 0 aliphatic carbocycles. The molecule has 0 radical (unpaired) electrons. The Kier molecular flexibility index (Phi) is 5.00. The van der Waals surface area contributed by atoms with Crippen molar-refractivity contribution in [1.82, 2.24) is 9.80 Å². The number of fused-ring (bicyclic) bond motifs is 1. The quantitative estimate of drug-likeness (QED) is 0.859. The number of carbonyl (C=O) groups is 2. The van der Waals surface area contributed by atoms with Gasteiger partial charge in [0.15, 0.2) is 11.6 Å². The molecule has 2 saturated heterocycles. The third-order valence-corrected chi connectivity index (χ3v) is 6.06. The van der Waals surface area contributed by atoms with E-state index in [1.165, 1.54) is 18.2 Å². The maximum atomic E-state index is 13.6. The van der Waals surface area contributed by atoms with Gasteiger partial charge in [0.25, 0.3) is 0 Å². The molecule has 2 aliphatic rings. The molecule has 29 heavy (non-hydrogen) atoms. The number of benzene rings is 2. The molecule has 6 nitrogen and oxygen atoms in total. The Morgan fingerprint density at radius 2 is 2.03 bits per heavy atom. The number of hydrogen-bond donors (Lipinski definition) is 1.